The van der Waals surface area contributed by atoms with Gasteiger partial charge < -0.3 is 10.2 Å². The monoisotopic (exact) mass is 363 g/mol. The quantitative estimate of drug-likeness (QED) is 0.827. The van der Waals surface area contributed by atoms with Crippen molar-refractivity contribution >= 4 is 29.1 Å². The van der Waals surface area contributed by atoms with Crippen LogP contribution in [0.3, 0.4) is 0 Å². The highest BCUT2D eigenvalue weighted by Gasteiger charge is 2.39. The van der Waals surface area contributed by atoms with Gasteiger partial charge in [-0.15, -0.1) is 0 Å². The number of carbonyl (C=O) groups is 3. The average molecular weight is 363 g/mol. The number of carbonyl (C=O) groups excluding carboxylic acids is 3. The molecule has 0 spiro atoms. The van der Waals surface area contributed by atoms with E-state index >= 15 is 0 Å². The maximum atomic E-state index is 12.6. The Kier molecular flexibility index (Phi) is 4.73. The number of imide groups is 1. The molecule has 2 aliphatic rings. The third-order valence-electron chi connectivity index (χ3n) is 5.04. The molecule has 2 saturated heterocycles. The van der Waals surface area contributed by atoms with Crippen molar-refractivity contribution in [2.75, 3.05) is 16.3 Å². The average Bonchev–Trinajstić information content (AvgIpc) is 3.24. The maximum absolute atomic E-state index is 12.6. The Morgan fingerprint density at radius 2 is 1.63 bits per heavy atom. The zero-order chi connectivity index (χ0) is 18.8. The molecule has 138 valence electrons. The first-order chi connectivity index (χ1) is 13.1. The lowest BCUT2D eigenvalue weighted by atomic mass is 10.1. The lowest BCUT2D eigenvalue weighted by Crippen LogP contribution is -2.38. The van der Waals surface area contributed by atoms with Crippen molar-refractivity contribution in [2.24, 2.45) is 0 Å². The number of para-hydroxylation sites is 1. The minimum atomic E-state index is -0.516. The van der Waals surface area contributed by atoms with Crippen LogP contribution in [0.1, 0.15) is 24.8 Å². The fraction of sp³-hybridized carbons (Fsp3) is 0.286. The second-order valence-electron chi connectivity index (χ2n) is 6.86. The van der Waals surface area contributed by atoms with Crippen molar-refractivity contribution in [1.29, 1.82) is 0 Å². The van der Waals surface area contributed by atoms with Crippen LogP contribution in [0.4, 0.5) is 11.4 Å². The van der Waals surface area contributed by atoms with E-state index in [1.165, 1.54) is 4.90 Å². The summed E-state index contributed by atoms with van der Waals surface area (Å²) in [6.45, 7) is 1.25. The Hall–Kier alpha value is -2.99. The molecule has 2 aromatic carbocycles. The van der Waals surface area contributed by atoms with Crippen LogP contribution in [-0.4, -0.2) is 30.3 Å². The second-order valence-corrected chi connectivity index (χ2v) is 6.86. The molecule has 1 atom stereocenters. The Bertz CT molecular complexity index is 864. The van der Waals surface area contributed by atoms with E-state index in [0.717, 1.165) is 24.2 Å². The number of benzene rings is 2. The number of hydrogen-bond acceptors (Lipinski definition) is 4. The number of nitrogens with zero attached hydrogens (tertiary/aromatic N) is 2. The van der Waals surface area contributed by atoms with Crippen molar-refractivity contribution in [3.63, 3.8) is 0 Å². The van der Waals surface area contributed by atoms with Crippen molar-refractivity contribution in [1.82, 2.24) is 5.32 Å². The summed E-state index contributed by atoms with van der Waals surface area (Å²) in [4.78, 5) is 39.7. The van der Waals surface area contributed by atoms with Gasteiger partial charge in [-0.1, -0.05) is 30.3 Å². The molecule has 0 unspecified atom stereocenters. The van der Waals surface area contributed by atoms with Crippen LogP contribution in [0.25, 0.3) is 0 Å². The van der Waals surface area contributed by atoms with Crippen LogP contribution < -0.4 is 15.1 Å². The van der Waals surface area contributed by atoms with Gasteiger partial charge >= 0.3 is 0 Å². The summed E-state index contributed by atoms with van der Waals surface area (Å²) >= 11 is 0. The topological polar surface area (TPSA) is 69.7 Å². The molecule has 0 radical (unpaired) electrons. The van der Waals surface area contributed by atoms with E-state index < -0.39 is 6.04 Å². The van der Waals surface area contributed by atoms with Crippen LogP contribution in [0.15, 0.2) is 54.6 Å². The summed E-state index contributed by atoms with van der Waals surface area (Å²) < 4.78 is 0. The van der Waals surface area contributed by atoms with Gasteiger partial charge in [0.05, 0.1) is 18.2 Å². The second kappa shape index (κ2) is 7.32. The maximum Gasteiger partial charge on any atom is 0.251 e. The van der Waals surface area contributed by atoms with Crippen LogP contribution in [0.2, 0.25) is 0 Å². The Balaban J connectivity index is 1.38. The molecule has 6 nitrogen and oxygen atoms in total. The fourth-order valence-electron chi connectivity index (χ4n) is 3.60. The van der Waals surface area contributed by atoms with E-state index in [0.29, 0.717) is 18.7 Å². The first kappa shape index (κ1) is 17.4. The van der Waals surface area contributed by atoms with Gasteiger partial charge in [-0.2, -0.15) is 0 Å². The van der Waals surface area contributed by atoms with Crippen LogP contribution in [0.5, 0.6) is 0 Å². The van der Waals surface area contributed by atoms with Gasteiger partial charge in [0.1, 0.15) is 0 Å². The first-order valence-corrected chi connectivity index (χ1v) is 9.18. The summed E-state index contributed by atoms with van der Waals surface area (Å²) in [6.07, 6.45) is 1.67. The number of hydrogen-bond donors (Lipinski definition) is 1. The van der Waals surface area contributed by atoms with Gasteiger partial charge in [0.15, 0.2) is 0 Å². The van der Waals surface area contributed by atoms with E-state index in [-0.39, 0.29) is 24.1 Å². The predicted molar refractivity (Wildman–Crippen MR) is 102 cm³/mol. The Labute approximate surface area is 157 Å². The van der Waals surface area contributed by atoms with Gasteiger partial charge in [-0.25, -0.2) is 4.90 Å². The van der Waals surface area contributed by atoms with Crippen molar-refractivity contribution in [3.05, 3.63) is 60.2 Å². The summed E-state index contributed by atoms with van der Waals surface area (Å²) in [5.74, 6) is -0.242. The molecule has 6 heteroatoms. The van der Waals surface area contributed by atoms with Crippen LogP contribution in [-0.2, 0) is 20.9 Å². The molecule has 2 aromatic rings. The summed E-state index contributed by atoms with van der Waals surface area (Å²) in [6, 6.07) is 16.2. The van der Waals surface area contributed by atoms with Crippen LogP contribution >= 0.6 is 0 Å². The molecule has 4 rings (SSSR count). The lowest BCUT2D eigenvalue weighted by Gasteiger charge is -2.17. The van der Waals surface area contributed by atoms with E-state index in [9.17, 15) is 14.4 Å². The number of amides is 3. The molecular formula is C21H21N3O3. The molecule has 0 aromatic heterocycles. The first-order valence-electron chi connectivity index (χ1n) is 9.18. The van der Waals surface area contributed by atoms with Crippen molar-refractivity contribution in [2.45, 2.75) is 31.8 Å². The van der Waals surface area contributed by atoms with Gasteiger partial charge in [0.2, 0.25) is 11.8 Å². The van der Waals surface area contributed by atoms with Gasteiger partial charge in [0.25, 0.3) is 5.91 Å². The molecule has 2 heterocycles. The lowest BCUT2D eigenvalue weighted by molar-refractivity contribution is -0.122. The molecule has 0 bridgehead atoms. The molecule has 1 N–H and O–H groups in total. The predicted octanol–water partition coefficient (Wildman–Crippen LogP) is 2.24. The molecule has 0 aliphatic carbocycles. The minimum Gasteiger partial charge on any atom is -0.312 e. The van der Waals surface area contributed by atoms with E-state index in [1.54, 1.807) is 17.0 Å². The molecule has 27 heavy (non-hydrogen) atoms. The third kappa shape index (κ3) is 3.48. The zero-order valence-electron chi connectivity index (χ0n) is 14.9. The van der Waals surface area contributed by atoms with Crippen molar-refractivity contribution in [3.8, 4) is 0 Å². The number of anilines is 2. The van der Waals surface area contributed by atoms with E-state index in [2.05, 4.69) is 5.32 Å². The SMILES string of the molecule is O=C1CCCN1c1ccc(CN[C@H]2CC(=O)N(c3ccccc3)C2=O)cc1. The Morgan fingerprint density at radius 3 is 2.30 bits per heavy atom. The normalized spacial score (nSPS) is 20.0. The standard InChI is InChI=1S/C21H21N3O3/c25-19-7-4-12-23(19)16-10-8-15(9-11-16)14-22-18-13-20(26)24(21(18)27)17-5-2-1-3-6-17/h1-3,5-6,8-11,18,22H,4,7,12-14H2/t18-/m0/s1. The largest absolute Gasteiger partial charge is 0.312 e. The fourth-order valence-corrected chi connectivity index (χ4v) is 3.60. The molecule has 0 saturated carbocycles. The Morgan fingerprint density at radius 1 is 0.889 bits per heavy atom. The third-order valence-corrected chi connectivity index (χ3v) is 5.04. The number of nitrogens with one attached hydrogen (secondary N) is 1. The summed E-state index contributed by atoms with van der Waals surface area (Å²) in [5, 5.41) is 3.18. The minimum absolute atomic E-state index is 0.161. The molecule has 2 aliphatic heterocycles. The van der Waals surface area contributed by atoms with E-state index in [4.69, 9.17) is 0 Å². The number of rotatable bonds is 5. The van der Waals surface area contributed by atoms with Crippen LogP contribution in [0, 0.1) is 0 Å². The highest BCUT2D eigenvalue weighted by atomic mass is 16.2. The van der Waals surface area contributed by atoms with Gasteiger partial charge in [0, 0.05) is 25.2 Å². The molecule has 3 amide bonds. The summed E-state index contributed by atoms with van der Waals surface area (Å²) in [7, 11) is 0. The van der Waals surface area contributed by atoms with Crippen molar-refractivity contribution < 1.29 is 14.4 Å². The highest BCUT2D eigenvalue weighted by Crippen LogP contribution is 2.24. The molecular weight excluding hydrogens is 342 g/mol. The smallest absolute Gasteiger partial charge is 0.251 e. The highest BCUT2D eigenvalue weighted by molar-refractivity contribution is 6.22. The summed E-state index contributed by atoms with van der Waals surface area (Å²) in [5.41, 5.74) is 2.52. The zero-order valence-corrected chi connectivity index (χ0v) is 14.9. The molecule has 2 fully saturated rings. The van der Waals surface area contributed by atoms with Gasteiger partial charge in [-0.3, -0.25) is 14.4 Å². The van der Waals surface area contributed by atoms with Gasteiger partial charge in [-0.05, 0) is 36.2 Å². The van der Waals surface area contributed by atoms with E-state index in [1.807, 2.05) is 42.5 Å².